The van der Waals surface area contributed by atoms with Gasteiger partial charge in [0.2, 0.25) is 5.91 Å². The summed E-state index contributed by atoms with van der Waals surface area (Å²) < 4.78 is 5.06. The Kier molecular flexibility index (Phi) is 8.93. The molecule has 0 aromatic heterocycles. The van der Waals surface area contributed by atoms with E-state index in [1.165, 1.54) is 25.7 Å². The zero-order chi connectivity index (χ0) is 15.3. The van der Waals surface area contributed by atoms with Gasteiger partial charge in [0.15, 0.2) is 0 Å². The zero-order valence-corrected chi connectivity index (χ0v) is 12.8. The number of hydrogen-bond donors (Lipinski definition) is 1. The quantitative estimate of drug-likeness (QED) is 0.311. The van der Waals surface area contributed by atoms with Crippen LogP contribution in [0.15, 0.2) is 30.3 Å². The smallest absolute Gasteiger partial charge is 0.320 e. The molecule has 1 N–H and O–H groups in total. The fraction of sp³-hybridized carbons (Fsp3) is 0.529. The molecular formula is C17H25NO3. The van der Waals surface area contributed by atoms with Crippen molar-refractivity contribution in [1.29, 1.82) is 0 Å². The standard InChI is InChI=1S/C17H25NO3/c1-2-3-4-5-6-10-13-18-16(19)14-17(20)21-15-11-8-7-9-12-15/h7-9,11-12H,2-6,10,13-14H2,1H3,(H,18,19). The molecule has 0 fully saturated rings. The molecule has 0 aliphatic carbocycles. The number of carbonyl (C=O) groups excluding carboxylic acids is 2. The minimum atomic E-state index is -0.526. The number of unbranched alkanes of at least 4 members (excludes halogenated alkanes) is 5. The molecule has 0 atom stereocenters. The van der Waals surface area contributed by atoms with Gasteiger partial charge in [0.1, 0.15) is 12.2 Å². The predicted molar refractivity (Wildman–Crippen MR) is 83.1 cm³/mol. The lowest BCUT2D eigenvalue weighted by Gasteiger charge is -2.06. The molecule has 0 heterocycles. The molecule has 0 saturated carbocycles. The van der Waals surface area contributed by atoms with Gasteiger partial charge >= 0.3 is 5.97 Å². The summed E-state index contributed by atoms with van der Waals surface area (Å²) in [4.78, 5) is 23.1. The fourth-order valence-electron chi connectivity index (χ4n) is 1.98. The number of esters is 1. The Balaban J connectivity index is 2.06. The Bertz CT molecular complexity index is 417. The molecule has 1 aromatic carbocycles. The lowest BCUT2D eigenvalue weighted by molar-refractivity contribution is -0.138. The van der Waals surface area contributed by atoms with E-state index < -0.39 is 5.97 Å². The van der Waals surface area contributed by atoms with Gasteiger partial charge in [-0.1, -0.05) is 57.2 Å². The van der Waals surface area contributed by atoms with Crippen LogP contribution in [0.2, 0.25) is 0 Å². The van der Waals surface area contributed by atoms with E-state index in [-0.39, 0.29) is 12.3 Å². The maximum atomic E-state index is 11.6. The third kappa shape index (κ3) is 8.84. The van der Waals surface area contributed by atoms with Crippen LogP contribution >= 0.6 is 0 Å². The Morgan fingerprint density at radius 1 is 1.00 bits per heavy atom. The van der Waals surface area contributed by atoms with Crippen molar-refractivity contribution >= 4 is 11.9 Å². The van der Waals surface area contributed by atoms with Gasteiger partial charge in [0.25, 0.3) is 0 Å². The lowest BCUT2D eigenvalue weighted by Crippen LogP contribution is -2.28. The van der Waals surface area contributed by atoms with Crippen molar-refractivity contribution in [3.05, 3.63) is 30.3 Å². The first-order valence-corrected chi connectivity index (χ1v) is 7.74. The van der Waals surface area contributed by atoms with E-state index in [2.05, 4.69) is 12.2 Å². The molecule has 1 rings (SSSR count). The number of nitrogens with one attached hydrogen (secondary N) is 1. The van der Waals surface area contributed by atoms with Gasteiger partial charge in [-0.15, -0.1) is 0 Å². The van der Waals surface area contributed by atoms with Crippen molar-refractivity contribution in [3.8, 4) is 5.75 Å². The summed E-state index contributed by atoms with van der Waals surface area (Å²) in [6, 6.07) is 8.77. The first kappa shape index (κ1) is 17.2. The van der Waals surface area contributed by atoms with E-state index in [9.17, 15) is 9.59 Å². The van der Waals surface area contributed by atoms with Crippen LogP contribution in [0, 0.1) is 0 Å². The van der Waals surface area contributed by atoms with Crippen LogP contribution < -0.4 is 10.1 Å². The average molecular weight is 291 g/mol. The summed E-state index contributed by atoms with van der Waals surface area (Å²) in [6.45, 7) is 2.82. The normalized spacial score (nSPS) is 10.1. The summed E-state index contributed by atoms with van der Waals surface area (Å²) in [7, 11) is 0. The van der Waals surface area contributed by atoms with Crippen LogP contribution in [-0.4, -0.2) is 18.4 Å². The number of hydrogen-bond acceptors (Lipinski definition) is 3. The highest BCUT2D eigenvalue weighted by Crippen LogP contribution is 2.09. The molecule has 0 spiro atoms. The van der Waals surface area contributed by atoms with Gasteiger partial charge in [-0.3, -0.25) is 9.59 Å². The van der Waals surface area contributed by atoms with Crippen LogP contribution in [0.3, 0.4) is 0 Å². The molecule has 0 aliphatic rings. The second-order valence-corrected chi connectivity index (χ2v) is 5.08. The number of ether oxygens (including phenoxy) is 1. The second-order valence-electron chi connectivity index (χ2n) is 5.08. The highest BCUT2D eigenvalue weighted by molar-refractivity contribution is 5.95. The fourth-order valence-corrected chi connectivity index (χ4v) is 1.98. The SMILES string of the molecule is CCCCCCCCNC(=O)CC(=O)Oc1ccccc1. The van der Waals surface area contributed by atoms with E-state index in [4.69, 9.17) is 4.74 Å². The Morgan fingerprint density at radius 2 is 1.67 bits per heavy atom. The Labute approximate surface area is 126 Å². The highest BCUT2D eigenvalue weighted by atomic mass is 16.5. The molecule has 116 valence electrons. The molecular weight excluding hydrogens is 266 g/mol. The molecule has 21 heavy (non-hydrogen) atoms. The Morgan fingerprint density at radius 3 is 2.38 bits per heavy atom. The molecule has 0 saturated heterocycles. The Hall–Kier alpha value is -1.84. The molecule has 0 radical (unpaired) electrons. The van der Waals surface area contributed by atoms with Crippen molar-refractivity contribution < 1.29 is 14.3 Å². The number of amides is 1. The maximum Gasteiger partial charge on any atom is 0.320 e. The molecule has 4 nitrogen and oxygen atoms in total. The summed E-state index contributed by atoms with van der Waals surface area (Å²) >= 11 is 0. The van der Waals surface area contributed by atoms with E-state index in [1.807, 2.05) is 6.07 Å². The van der Waals surface area contributed by atoms with Crippen LogP contribution in [0.5, 0.6) is 5.75 Å². The number of para-hydroxylation sites is 1. The van der Waals surface area contributed by atoms with E-state index in [0.717, 1.165) is 12.8 Å². The van der Waals surface area contributed by atoms with Crippen LogP contribution in [0.4, 0.5) is 0 Å². The van der Waals surface area contributed by atoms with E-state index in [0.29, 0.717) is 12.3 Å². The number of rotatable bonds is 10. The summed E-state index contributed by atoms with van der Waals surface area (Å²) in [6.07, 6.45) is 6.83. The molecule has 1 amide bonds. The van der Waals surface area contributed by atoms with Crippen molar-refractivity contribution in [1.82, 2.24) is 5.32 Å². The topological polar surface area (TPSA) is 55.4 Å². The minimum absolute atomic E-state index is 0.231. The first-order valence-electron chi connectivity index (χ1n) is 7.74. The van der Waals surface area contributed by atoms with Gasteiger partial charge in [-0.05, 0) is 18.6 Å². The third-order valence-electron chi connectivity index (χ3n) is 3.13. The average Bonchev–Trinajstić information content (AvgIpc) is 2.47. The van der Waals surface area contributed by atoms with Gasteiger partial charge < -0.3 is 10.1 Å². The molecule has 4 heteroatoms. The van der Waals surface area contributed by atoms with Crippen molar-refractivity contribution in [2.75, 3.05) is 6.54 Å². The lowest BCUT2D eigenvalue weighted by atomic mass is 10.1. The zero-order valence-electron chi connectivity index (χ0n) is 12.8. The van der Waals surface area contributed by atoms with Crippen LogP contribution in [0.1, 0.15) is 51.9 Å². The van der Waals surface area contributed by atoms with Crippen LogP contribution in [-0.2, 0) is 9.59 Å². The largest absolute Gasteiger partial charge is 0.426 e. The highest BCUT2D eigenvalue weighted by Gasteiger charge is 2.10. The summed E-state index contributed by atoms with van der Waals surface area (Å²) in [5.74, 6) is -0.336. The molecule has 0 bridgehead atoms. The predicted octanol–water partition coefficient (Wildman–Crippen LogP) is 3.46. The summed E-state index contributed by atoms with van der Waals surface area (Å²) in [5.41, 5.74) is 0. The second kappa shape index (κ2) is 10.9. The number of benzene rings is 1. The third-order valence-corrected chi connectivity index (χ3v) is 3.13. The van der Waals surface area contributed by atoms with Gasteiger partial charge in [-0.2, -0.15) is 0 Å². The van der Waals surface area contributed by atoms with Crippen molar-refractivity contribution in [3.63, 3.8) is 0 Å². The molecule has 1 aromatic rings. The maximum absolute atomic E-state index is 11.6. The number of carbonyl (C=O) groups is 2. The minimum Gasteiger partial charge on any atom is -0.426 e. The van der Waals surface area contributed by atoms with Crippen LogP contribution in [0.25, 0.3) is 0 Å². The van der Waals surface area contributed by atoms with E-state index in [1.54, 1.807) is 24.3 Å². The van der Waals surface area contributed by atoms with Gasteiger partial charge in [-0.25, -0.2) is 0 Å². The molecule has 0 unspecified atom stereocenters. The summed E-state index contributed by atoms with van der Waals surface area (Å²) in [5, 5.41) is 2.75. The van der Waals surface area contributed by atoms with E-state index >= 15 is 0 Å². The monoisotopic (exact) mass is 291 g/mol. The van der Waals surface area contributed by atoms with Crippen molar-refractivity contribution in [2.45, 2.75) is 51.9 Å². The van der Waals surface area contributed by atoms with Gasteiger partial charge in [0.05, 0.1) is 0 Å². The molecule has 0 aliphatic heterocycles. The van der Waals surface area contributed by atoms with Crippen molar-refractivity contribution in [2.24, 2.45) is 0 Å². The first-order chi connectivity index (χ1) is 10.2. The van der Waals surface area contributed by atoms with Gasteiger partial charge in [0, 0.05) is 6.54 Å².